The Hall–Kier alpha value is -2.63. The van der Waals surface area contributed by atoms with Gasteiger partial charge in [-0.2, -0.15) is 5.10 Å². The Morgan fingerprint density at radius 1 is 1.28 bits per heavy atom. The number of anilines is 1. The Bertz CT molecular complexity index is 734. The van der Waals surface area contributed by atoms with Crippen LogP contribution in [0.5, 0.6) is 5.75 Å². The number of phenolic OH excluding ortho intramolecular Hbond substituents is 1. The topological polar surface area (TPSA) is 89.8 Å². The SMILES string of the molecule is Cn1nc(-c2cccc(O)c2)c2c(N)ncnc21. The number of nitrogen functional groups attached to an aromatic ring is 1. The summed E-state index contributed by atoms with van der Waals surface area (Å²) >= 11 is 0. The van der Waals surface area contributed by atoms with Gasteiger partial charge >= 0.3 is 0 Å². The van der Waals surface area contributed by atoms with Crippen LogP contribution in [0.15, 0.2) is 30.6 Å². The van der Waals surface area contributed by atoms with Crippen LogP contribution in [0.1, 0.15) is 0 Å². The summed E-state index contributed by atoms with van der Waals surface area (Å²) in [7, 11) is 1.79. The van der Waals surface area contributed by atoms with Gasteiger partial charge in [0.05, 0.1) is 5.39 Å². The van der Waals surface area contributed by atoms with Gasteiger partial charge in [-0.1, -0.05) is 12.1 Å². The van der Waals surface area contributed by atoms with Gasteiger partial charge in [-0.05, 0) is 12.1 Å². The number of rotatable bonds is 1. The Morgan fingerprint density at radius 2 is 2.11 bits per heavy atom. The van der Waals surface area contributed by atoms with Crippen molar-refractivity contribution >= 4 is 16.9 Å². The maximum absolute atomic E-state index is 9.53. The van der Waals surface area contributed by atoms with Crippen LogP contribution < -0.4 is 5.73 Å². The molecule has 0 fully saturated rings. The molecule has 0 atom stereocenters. The second-order valence-corrected chi connectivity index (χ2v) is 3.98. The molecule has 6 nitrogen and oxygen atoms in total. The van der Waals surface area contributed by atoms with Gasteiger partial charge in [-0.25, -0.2) is 14.6 Å². The lowest BCUT2D eigenvalue weighted by atomic mass is 10.1. The molecule has 0 aliphatic rings. The minimum absolute atomic E-state index is 0.182. The van der Waals surface area contributed by atoms with E-state index < -0.39 is 0 Å². The van der Waals surface area contributed by atoms with Gasteiger partial charge in [0.15, 0.2) is 5.65 Å². The zero-order valence-corrected chi connectivity index (χ0v) is 9.70. The van der Waals surface area contributed by atoms with Crippen LogP contribution in [-0.2, 0) is 7.05 Å². The largest absolute Gasteiger partial charge is 0.508 e. The first-order chi connectivity index (χ1) is 8.66. The van der Waals surface area contributed by atoms with E-state index in [1.54, 1.807) is 29.9 Å². The first kappa shape index (κ1) is 10.5. The van der Waals surface area contributed by atoms with Crippen molar-refractivity contribution < 1.29 is 5.11 Å². The van der Waals surface area contributed by atoms with Crippen LogP contribution >= 0.6 is 0 Å². The van der Waals surface area contributed by atoms with Crippen molar-refractivity contribution in [2.24, 2.45) is 7.05 Å². The van der Waals surface area contributed by atoms with Gasteiger partial charge in [-0.15, -0.1) is 0 Å². The number of phenols is 1. The van der Waals surface area contributed by atoms with E-state index in [9.17, 15) is 5.11 Å². The van der Waals surface area contributed by atoms with E-state index in [2.05, 4.69) is 15.1 Å². The highest BCUT2D eigenvalue weighted by Gasteiger charge is 2.15. The average molecular weight is 241 g/mol. The summed E-state index contributed by atoms with van der Waals surface area (Å²) in [5, 5.41) is 14.6. The van der Waals surface area contributed by atoms with E-state index in [1.165, 1.54) is 6.33 Å². The Kier molecular flexibility index (Phi) is 2.16. The monoisotopic (exact) mass is 241 g/mol. The molecule has 3 rings (SSSR count). The highest BCUT2D eigenvalue weighted by molar-refractivity contribution is 5.98. The summed E-state index contributed by atoms with van der Waals surface area (Å²) in [5.74, 6) is 0.563. The van der Waals surface area contributed by atoms with E-state index in [1.807, 2.05) is 6.07 Å². The molecule has 0 unspecified atom stereocenters. The summed E-state index contributed by atoms with van der Waals surface area (Å²) in [4.78, 5) is 8.14. The number of nitrogens with two attached hydrogens (primary N) is 1. The van der Waals surface area contributed by atoms with Crippen LogP contribution in [0, 0.1) is 0 Å². The second kappa shape index (κ2) is 3.69. The zero-order chi connectivity index (χ0) is 12.7. The van der Waals surface area contributed by atoms with Crippen molar-refractivity contribution in [3.63, 3.8) is 0 Å². The zero-order valence-electron chi connectivity index (χ0n) is 9.70. The lowest BCUT2D eigenvalue weighted by Crippen LogP contribution is -1.95. The number of aryl methyl sites for hydroxylation is 1. The fourth-order valence-corrected chi connectivity index (χ4v) is 1.96. The number of nitrogens with zero attached hydrogens (tertiary/aromatic N) is 4. The minimum atomic E-state index is 0.182. The fourth-order valence-electron chi connectivity index (χ4n) is 1.96. The normalized spacial score (nSPS) is 10.9. The third kappa shape index (κ3) is 1.46. The van der Waals surface area contributed by atoms with Gasteiger partial charge in [0.2, 0.25) is 0 Å². The maximum atomic E-state index is 9.53. The lowest BCUT2D eigenvalue weighted by molar-refractivity contribution is 0.475. The van der Waals surface area contributed by atoms with Crippen LogP contribution in [0.25, 0.3) is 22.3 Å². The fraction of sp³-hybridized carbons (Fsp3) is 0.0833. The van der Waals surface area contributed by atoms with Crippen LogP contribution in [-0.4, -0.2) is 24.9 Å². The number of aromatic hydroxyl groups is 1. The second-order valence-electron chi connectivity index (χ2n) is 3.98. The number of benzene rings is 1. The number of fused-ring (bicyclic) bond motifs is 1. The van der Waals surface area contributed by atoms with Crippen LogP contribution in [0.4, 0.5) is 5.82 Å². The van der Waals surface area contributed by atoms with Gasteiger partial charge in [-0.3, -0.25) is 0 Å². The first-order valence-electron chi connectivity index (χ1n) is 5.39. The molecule has 0 amide bonds. The molecule has 6 heteroatoms. The Balaban J connectivity index is 2.36. The third-order valence-electron chi connectivity index (χ3n) is 2.77. The Labute approximate surface area is 103 Å². The molecule has 3 aromatic rings. The van der Waals surface area contributed by atoms with E-state index in [0.29, 0.717) is 22.5 Å². The molecule has 0 aliphatic carbocycles. The van der Waals surface area contributed by atoms with Crippen molar-refractivity contribution in [3.8, 4) is 17.0 Å². The molecular weight excluding hydrogens is 230 g/mol. The maximum Gasteiger partial charge on any atom is 0.163 e. The van der Waals surface area contributed by atoms with E-state index in [0.717, 1.165) is 5.56 Å². The Morgan fingerprint density at radius 3 is 2.89 bits per heavy atom. The molecule has 0 radical (unpaired) electrons. The summed E-state index contributed by atoms with van der Waals surface area (Å²) in [5.41, 5.74) is 7.99. The standard InChI is InChI=1S/C12H11N5O/c1-17-12-9(11(13)14-6-15-12)10(16-17)7-3-2-4-8(18)5-7/h2-6,18H,1H3,(H2,13,14,15). The van der Waals surface area contributed by atoms with Gasteiger partial charge < -0.3 is 10.8 Å². The highest BCUT2D eigenvalue weighted by atomic mass is 16.3. The highest BCUT2D eigenvalue weighted by Crippen LogP contribution is 2.30. The van der Waals surface area contributed by atoms with E-state index in [-0.39, 0.29) is 5.75 Å². The quantitative estimate of drug-likeness (QED) is 0.670. The molecule has 1 aromatic carbocycles. The van der Waals surface area contributed by atoms with Crippen molar-refractivity contribution in [3.05, 3.63) is 30.6 Å². The van der Waals surface area contributed by atoms with Crippen molar-refractivity contribution in [1.29, 1.82) is 0 Å². The summed E-state index contributed by atoms with van der Waals surface area (Å²) < 4.78 is 1.65. The molecule has 2 aromatic heterocycles. The summed E-state index contributed by atoms with van der Waals surface area (Å²) in [6.45, 7) is 0. The van der Waals surface area contributed by atoms with Crippen molar-refractivity contribution in [2.45, 2.75) is 0 Å². The molecular formula is C12H11N5O. The first-order valence-corrected chi connectivity index (χ1v) is 5.39. The molecule has 0 saturated heterocycles. The predicted octanol–water partition coefficient (Wildman–Crippen LogP) is 1.32. The average Bonchev–Trinajstić information content (AvgIpc) is 2.69. The van der Waals surface area contributed by atoms with Crippen LogP contribution in [0.3, 0.4) is 0 Å². The summed E-state index contributed by atoms with van der Waals surface area (Å²) in [6, 6.07) is 6.85. The molecule has 90 valence electrons. The lowest BCUT2D eigenvalue weighted by Gasteiger charge is -1.99. The smallest absolute Gasteiger partial charge is 0.163 e. The molecule has 3 N–H and O–H groups in total. The molecule has 0 bridgehead atoms. The summed E-state index contributed by atoms with van der Waals surface area (Å²) in [6.07, 6.45) is 1.41. The van der Waals surface area contributed by atoms with Crippen LogP contribution in [0.2, 0.25) is 0 Å². The van der Waals surface area contributed by atoms with Gasteiger partial charge in [0.25, 0.3) is 0 Å². The number of aromatic nitrogens is 4. The molecule has 2 heterocycles. The van der Waals surface area contributed by atoms with Crippen molar-refractivity contribution in [2.75, 3.05) is 5.73 Å². The van der Waals surface area contributed by atoms with Crippen molar-refractivity contribution in [1.82, 2.24) is 19.7 Å². The molecule has 0 spiro atoms. The molecule has 0 saturated carbocycles. The van der Waals surface area contributed by atoms with Gasteiger partial charge in [0.1, 0.15) is 23.6 Å². The molecule has 18 heavy (non-hydrogen) atoms. The third-order valence-corrected chi connectivity index (χ3v) is 2.77. The minimum Gasteiger partial charge on any atom is -0.508 e. The van der Waals surface area contributed by atoms with E-state index in [4.69, 9.17) is 5.73 Å². The predicted molar refractivity (Wildman–Crippen MR) is 67.8 cm³/mol. The van der Waals surface area contributed by atoms with E-state index >= 15 is 0 Å². The van der Waals surface area contributed by atoms with Gasteiger partial charge in [0, 0.05) is 12.6 Å². The molecule has 0 aliphatic heterocycles. The number of hydrogen-bond acceptors (Lipinski definition) is 5. The number of hydrogen-bond donors (Lipinski definition) is 2.